The third kappa shape index (κ3) is 2.82. The van der Waals surface area contributed by atoms with Crippen LogP contribution in [0.4, 0.5) is 0 Å². The van der Waals surface area contributed by atoms with E-state index >= 15 is 0 Å². The lowest BCUT2D eigenvalue weighted by atomic mass is 9.90. The van der Waals surface area contributed by atoms with E-state index in [1.807, 2.05) is 0 Å². The second-order valence-corrected chi connectivity index (χ2v) is 7.54. The van der Waals surface area contributed by atoms with Gasteiger partial charge in [0.2, 0.25) is 5.91 Å². The molecule has 24 heavy (non-hydrogen) atoms. The molecule has 3 atom stereocenters. The maximum atomic E-state index is 12.9. The van der Waals surface area contributed by atoms with Crippen molar-refractivity contribution in [2.45, 2.75) is 38.1 Å². The fourth-order valence-electron chi connectivity index (χ4n) is 4.27. The second kappa shape index (κ2) is 6.21. The third-order valence-corrected chi connectivity index (χ3v) is 5.93. The van der Waals surface area contributed by atoms with Gasteiger partial charge in [-0.2, -0.15) is 0 Å². The maximum Gasteiger partial charge on any atom is 0.226 e. The molecule has 1 aliphatic carbocycles. The molecule has 0 radical (unpaired) electrons. The van der Waals surface area contributed by atoms with Crippen LogP contribution in [0.25, 0.3) is 10.8 Å². The van der Waals surface area contributed by atoms with Crippen LogP contribution in [0.15, 0.2) is 42.5 Å². The highest BCUT2D eigenvalue weighted by atomic mass is 16.2. The van der Waals surface area contributed by atoms with Crippen LogP contribution in [-0.2, 0) is 4.79 Å². The molecule has 1 amide bonds. The molecular formula is C21H26N2O. The lowest BCUT2D eigenvalue weighted by molar-refractivity contribution is -0.134. The molecule has 3 unspecified atom stereocenters. The van der Waals surface area contributed by atoms with Crippen molar-refractivity contribution in [1.82, 2.24) is 4.90 Å². The molecule has 0 bridgehead atoms. The zero-order valence-corrected chi connectivity index (χ0v) is 14.3. The van der Waals surface area contributed by atoms with Gasteiger partial charge in [-0.3, -0.25) is 4.79 Å². The minimum absolute atomic E-state index is 0.183. The molecule has 2 N–H and O–H groups in total. The molecule has 2 fully saturated rings. The number of rotatable bonds is 3. The van der Waals surface area contributed by atoms with E-state index in [-0.39, 0.29) is 12.0 Å². The van der Waals surface area contributed by atoms with E-state index in [4.69, 9.17) is 5.73 Å². The number of hydrogen-bond donors (Lipinski definition) is 1. The molecule has 2 aliphatic rings. The topological polar surface area (TPSA) is 46.3 Å². The van der Waals surface area contributed by atoms with E-state index in [0.29, 0.717) is 17.7 Å². The first kappa shape index (κ1) is 15.6. The minimum atomic E-state index is 0.183. The van der Waals surface area contributed by atoms with Gasteiger partial charge in [0.05, 0.1) is 0 Å². The van der Waals surface area contributed by atoms with Crippen molar-refractivity contribution in [2.24, 2.45) is 17.6 Å². The van der Waals surface area contributed by atoms with Crippen molar-refractivity contribution >= 4 is 16.7 Å². The number of amides is 1. The molecule has 3 nitrogen and oxygen atoms in total. The van der Waals surface area contributed by atoms with E-state index in [9.17, 15) is 4.79 Å². The Bertz CT molecular complexity index is 741. The van der Waals surface area contributed by atoms with Crippen LogP contribution in [0.3, 0.4) is 0 Å². The number of carbonyl (C=O) groups is 1. The van der Waals surface area contributed by atoms with Crippen LogP contribution < -0.4 is 5.73 Å². The number of likely N-dealkylation sites (tertiary alicyclic amines) is 1. The Morgan fingerprint density at radius 2 is 1.83 bits per heavy atom. The second-order valence-electron chi connectivity index (χ2n) is 7.54. The number of nitrogens with zero attached hydrogens (tertiary/aromatic N) is 1. The highest BCUT2D eigenvalue weighted by Gasteiger charge is 2.46. The molecule has 2 aromatic rings. The normalized spacial score (nSPS) is 25.7. The summed E-state index contributed by atoms with van der Waals surface area (Å²) in [4.78, 5) is 14.9. The van der Waals surface area contributed by atoms with Gasteiger partial charge in [-0.25, -0.2) is 0 Å². The number of piperidine rings is 1. The van der Waals surface area contributed by atoms with Crippen LogP contribution in [0.2, 0.25) is 0 Å². The van der Waals surface area contributed by atoms with Crippen LogP contribution in [0.1, 0.15) is 37.7 Å². The summed E-state index contributed by atoms with van der Waals surface area (Å²) in [5.41, 5.74) is 7.35. The Labute approximate surface area is 143 Å². The monoisotopic (exact) mass is 322 g/mol. The Balaban J connectivity index is 1.45. The molecule has 1 saturated heterocycles. The van der Waals surface area contributed by atoms with E-state index in [1.165, 1.54) is 16.3 Å². The maximum absolute atomic E-state index is 12.9. The quantitative estimate of drug-likeness (QED) is 0.939. The Hall–Kier alpha value is -1.87. The van der Waals surface area contributed by atoms with Crippen LogP contribution in [0, 0.1) is 11.8 Å². The van der Waals surface area contributed by atoms with Crippen LogP contribution in [-0.4, -0.2) is 29.9 Å². The molecular weight excluding hydrogens is 296 g/mol. The molecule has 126 valence electrons. The SMILES string of the molecule is CC(N)C1CCN(C(=O)C2CC2c2cccc3ccccc23)CC1. The number of benzene rings is 2. The highest BCUT2D eigenvalue weighted by Crippen LogP contribution is 2.50. The number of fused-ring (bicyclic) bond motifs is 1. The summed E-state index contributed by atoms with van der Waals surface area (Å²) in [7, 11) is 0. The van der Waals surface area contributed by atoms with Crippen LogP contribution >= 0.6 is 0 Å². The van der Waals surface area contributed by atoms with Gasteiger partial charge in [0.15, 0.2) is 0 Å². The Kier molecular flexibility index (Phi) is 4.05. The third-order valence-electron chi connectivity index (χ3n) is 5.93. The fraction of sp³-hybridized carbons (Fsp3) is 0.476. The first-order valence-electron chi connectivity index (χ1n) is 9.17. The summed E-state index contributed by atoms with van der Waals surface area (Å²) < 4.78 is 0. The number of carbonyl (C=O) groups excluding carboxylic acids is 1. The van der Waals surface area contributed by atoms with Crippen molar-refractivity contribution in [3.05, 3.63) is 48.0 Å². The smallest absolute Gasteiger partial charge is 0.226 e. The van der Waals surface area contributed by atoms with Crippen molar-refractivity contribution in [3.8, 4) is 0 Å². The average Bonchev–Trinajstić information content (AvgIpc) is 3.41. The van der Waals surface area contributed by atoms with Gasteiger partial charge < -0.3 is 10.6 Å². The predicted molar refractivity (Wildman–Crippen MR) is 97.7 cm³/mol. The van der Waals surface area contributed by atoms with Gasteiger partial charge in [0, 0.05) is 25.0 Å². The summed E-state index contributed by atoms with van der Waals surface area (Å²) >= 11 is 0. The Morgan fingerprint density at radius 1 is 1.12 bits per heavy atom. The minimum Gasteiger partial charge on any atom is -0.342 e. The summed E-state index contributed by atoms with van der Waals surface area (Å²) in [5, 5.41) is 2.57. The highest BCUT2D eigenvalue weighted by molar-refractivity contribution is 5.89. The van der Waals surface area contributed by atoms with Gasteiger partial charge in [-0.15, -0.1) is 0 Å². The lowest BCUT2D eigenvalue weighted by Crippen LogP contribution is -2.43. The number of nitrogens with two attached hydrogens (primary N) is 1. The van der Waals surface area contributed by atoms with Gasteiger partial charge in [-0.1, -0.05) is 42.5 Å². The van der Waals surface area contributed by atoms with E-state index in [2.05, 4.69) is 54.3 Å². The standard InChI is InChI=1S/C21H26N2O/c1-14(22)15-9-11-23(12-10-15)21(24)20-13-19(20)18-8-4-6-16-5-2-3-7-17(16)18/h2-8,14-15,19-20H,9-13,22H2,1H3. The molecule has 0 spiro atoms. The largest absolute Gasteiger partial charge is 0.342 e. The molecule has 1 aliphatic heterocycles. The van der Waals surface area contributed by atoms with E-state index in [0.717, 1.165) is 32.4 Å². The van der Waals surface area contributed by atoms with E-state index in [1.54, 1.807) is 0 Å². The van der Waals surface area contributed by atoms with Crippen molar-refractivity contribution in [3.63, 3.8) is 0 Å². The van der Waals surface area contributed by atoms with Crippen molar-refractivity contribution in [2.75, 3.05) is 13.1 Å². The van der Waals surface area contributed by atoms with Gasteiger partial charge in [-0.05, 0) is 54.4 Å². The van der Waals surface area contributed by atoms with Crippen LogP contribution in [0.5, 0.6) is 0 Å². The van der Waals surface area contributed by atoms with Crippen molar-refractivity contribution in [1.29, 1.82) is 0 Å². The molecule has 3 heteroatoms. The van der Waals surface area contributed by atoms with Gasteiger partial charge in [0.1, 0.15) is 0 Å². The van der Waals surface area contributed by atoms with Gasteiger partial charge in [0.25, 0.3) is 0 Å². The first-order valence-corrected chi connectivity index (χ1v) is 9.17. The van der Waals surface area contributed by atoms with Gasteiger partial charge >= 0.3 is 0 Å². The average molecular weight is 322 g/mol. The summed E-state index contributed by atoms with van der Waals surface area (Å²) in [6.45, 7) is 3.84. The summed E-state index contributed by atoms with van der Waals surface area (Å²) in [5.74, 6) is 1.51. The predicted octanol–water partition coefficient (Wildman–Crippen LogP) is 3.53. The zero-order valence-electron chi connectivity index (χ0n) is 14.3. The lowest BCUT2D eigenvalue weighted by Gasteiger charge is -2.34. The molecule has 1 heterocycles. The molecule has 2 aromatic carbocycles. The number of hydrogen-bond acceptors (Lipinski definition) is 2. The zero-order chi connectivity index (χ0) is 16.7. The Morgan fingerprint density at radius 3 is 2.58 bits per heavy atom. The first-order chi connectivity index (χ1) is 11.6. The molecule has 1 saturated carbocycles. The van der Waals surface area contributed by atoms with Crippen molar-refractivity contribution < 1.29 is 4.79 Å². The summed E-state index contributed by atoms with van der Waals surface area (Å²) in [6.07, 6.45) is 3.10. The van der Waals surface area contributed by atoms with E-state index < -0.39 is 0 Å². The molecule has 0 aromatic heterocycles. The molecule has 4 rings (SSSR count). The summed E-state index contributed by atoms with van der Waals surface area (Å²) in [6, 6.07) is 15.2. The fourth-order valence-corrected chi connectivity index (χ4v) is 4.27.